The van der Waals surface area contributed by atoms with Gasteiger partial charge in [0.25, 0.3) is 0 Å². The molecule has 0 atom stereocenters. The lowest BCUT2D eigenvalue weighted by atomic mass is 10.2. The number of rotatable bonds is 8. The van der Waals surface area contributed by atoms with Crippen LogP contribution in [0.15, 0.2) is 54.7 Å². The summed E-state index contributed by atoms with van der Waals surface area (Å²) in [6.45, 7) is 2.44. The molecule has 27 heavy (non-hydrogen) atoms. The topological polar surface area (TPSA) is 68.3 Å². The molecule has 0 bridgehead atoms. The fourth-order valence-electron chi connectivity index (χ4n) is 2.43. The van der Waals surface area contributed by atoms with E-state index in [1.54, 1.807) is 38.4 Å². The molecule has 0 saturated carbocycles. The molecule has 0 aliphatic carbocycles. The molecule has 1 aromatic heterocycles. The van der Waals surface area contributed by atoms with Gasteiger partial charge >= 0.3 is 0 Å². The zero-order chi connectivity index (χ0) is 19.1. The van der Waals surface area contributed by atoms with Crippen LogP contribution < -0.4 is 15.4 Å². The fourth-order valence-corrected chi connectivity index (χ4v) is 2.43. The predicted octanol–water partition coefficient (Wildman–Crippen LogP) is 4.44. The maximum absolute atomic E-state index is 14.8. The van der Waals surface area contributed by atoms with E-state index in [4.69, 9.17) is 9.47 Å². The molecular weight excluding hydrogens is 347 g/mol. The van der Waals surface area contributed by atoms with E-state index in [9.17, 15) is 4.39 Å². The van der Waals surface area contributed by atoms with Gasteiger partial charge in [-0.05, 0) is 36.8 Å². The average molecular weight is 368 g/mol. The first kappa shape index (κ1) is 18.6. The quantitative estimate of drug-likeness (QED) is 0.573. The SMILES string of the molecule is COCCOc1c(C)ccc(Nc2nccc(Nc3ccccc3)n2)c1F. The highest BCUT2D eigenvalue weighted by Crippen LogP contribution is 2.30. The van der Waals surface area contributed by atoms with Gasteiger partial charge in [-0.2, -0.15) is 4.98 Å². The summed E-state index contributed by atoms with van der Waals surface area (Å²) in [5.74, 6) is 0.580. The van der Waals surface area contributed by atoms with Gasteiger partial charge in [0.1, 0.15) is 12.4 Å². The Balaban J connectivity index is 1.77. The maximum Gasteiger partial charge on any atom is 0.229 e. The number of anilines is 4. The summed E-state index contributed by atoms with van der Waals surface area (Å²) in [4.78, 5) is 8.53. The monoisotopic (exact) mass is 368 g/mol. The summed E-state index contributed by atoms with van der Waals surface area (Å²) < 4.78 is 25.2. The molecule has 1 heterocycles. The number of halogens is 1. The maximum atomic E-state index is 14.8. The van der Waals surface area contributed by atoms with E-state index in [2.05, 4.69) is 20.6 Å². The third-order valence-corrected chi connectivity index (χ3v) is 3.78. The highest BCUT2D eigenvalue weighted by molar-refractivity contribution is 5.61. The van der Waals surface area contributed by atoms with Crippen LogP contribution in [0.25, 0.3) is 0 Å². The third kappa shape index (κ3) is 4.92. The van der Waals surface area contributed by atoms with Gasteiger partial charge in [0.2, 0.25) is 5.95 Å². The molecule has 7 heteroatoms. The molecule has 0 aliphatic heterocycles. The van der Waals surface area contributed by atoms with Crippen LogP contribution in [-0.2, 0) is 4.74 Å². The molecular formula is C20H21FN4O2. The van der Waals surface area contributed by atoms with E-state index in [0.29, 0.717) is 18.0 Å². The number of aryl methyl sites for hydroxylation is 1. The Bertz CT molecular complexity index is 890. The molecule has 0 amide bonds. The Morgan fingerprint density at radius 2 is 1.81 bits per heavy atom. The lowest BCUT2D eigenvalue weighted by Gasteiger charge is -2.14. The number of nitrogens with zero attached hydrogens (tertiary/aromatic N) is 2. The van der Waals surface area contributed by atoms with E-state index in [-0.39, 0.29) is 24.0 Å². The lowest BCUT2D eigenvalue weighted by Crippen LogP contribution is -2.08. The number of ether oxygens (including phenoxy) is 2. The molecule has 0 fully saturated rings. The number of nitrogens with one attached hydrogen (secondary N) is 2. The number of benzene rings is 2. The second-order valence-corrected chi connectivity index (χ2v) is 5.80. The van der Waals surface area contributed by atoms with Gasteiger partial charge in [0.15, 0.2) is 11.6 Å². The van der Waals surface area contributed by atoms with E-state index in [1.165, 1.54) is 0 Å². The van der Waals surface area contributed by atoms with Gasteiger partial charge in [0, 0.05) is 19.0 Å². The molecule has 6 nitrogen and oxygen atoms in total. The van der Waals surface area contributed by atoms with E-state index in [1.807, 2.05) is 30.3 Å². The molecule has 3 aromatic rings. The van der Waals surface area contributed by atoms with Crippen molar-refractivity contribution in [1.82, 2.24) is 9.97 Å². The molecule has 3 rings (SSSR count). The number of methoxy groups -OCH3 is 1. The van der Waals surface area contributed by atoms with Crippen LogP contribution in [0, 0.1) is 12.7 Å². The van der Waals surface area contributed by atoms with Crippen LogP contribution in [0.3, 0.4) is 0 Å². The number of hydrogen-bond donors (Lipinski definition) is 2. The number of hydrogen-bond acceptors (Lipinski definition) is 6. The van der Waals surface area contributed by atoms with Gasteiger partial charge in [-0.3, -0.25) is 0 Å². The number of aromatic nitrogens is 2. The Morgan fingerprint density at radius 1 is 1.00 bits per heavy atom. The smallest absolute Gasteiger partial charge is 0.229 e. The van der Waals surface area contributed by atoms with Crippen molar-refractivity contribution >= 4 is 23.1 Å². The Labute approximate surface area is 157 Å². The zero-order valence-electron chi connectivity index (χ0n) is 15.2. The molecule has 0 aliphatic rings. The van der Waals surface area contributed by atoms with Gasteiger partial charge < -0.3 is 20.1 Å². The highest BCUT2D eigenvalue weighted by atomic mass is 19.1. The van der Waals surface area contributed by atoms with Gasteiger partial charge in [-0.15, -0.1) is 0 Å². The van der Waals surface area contributed by atoms with Gasteiger partial charge in [-0.25, -0.2) is 9.37 Å². The largest absolute Gasteiger partial charge is 0.488 e. The van der Waals surface area contributed by atoms with Crippen LogP contribution >= 0.6 is 0 Å². The first-order valence-electron chi connectivity index (χ1n) is 8.50. The van der Waals surface area contributed by atoms with Crippen molar-refractivity contribution < 1.29 is 13.9 Å². The van der Waals surface area contributed by atoms with Crippen LogP contribution in [0.4, 0.5) is 27.5 Å². The summed E-state index contributed by atoms with van der Waals surface area (Å²) in [7, 11) is 1.57. The summed E-state index contributed by atoms with van der Waals surface area (Å²) in [5, 5.41) is 6.08. The molecule has 0 unspecified atom stereocenters. The fraction of sp³-hybridized carbons (Fsp3) is 0.200. The normalized spacial score (nSPS) is 10.5. The molecule has 0 radical (unpaired) electrons. The van der Waals surface area contributed by atoms with Crippen molar-refractivity contribution in [2.75, 3.05) is 31.0 Å². The van der Waals surface area contributed by atoms with Crippen molar-refractivity contribution in [3.63, 3.8) is 0 Å². The average Bonchev–Trinajstić information content (AvgIpc) is 2.68. The summed E-state index contributed by atoms with van der Waals surface area (Å²) in [6, 6.07) is 14.8. The van der Waals surface area contributed by atoms with Crippen molar-refractivity contribution in [3.8, 4) is 5.75 Å². The first-order chi connectivity index (χ1) is 13.2. The van der Waals surface area contributed by atoms with Crippen LogP contribution in [-0.4, -0.2) is 30.3 Å². The second kappa shape index (κ2) is 8.95. The van der Waals surface area contributed by atoms with Crippen molar-refractivity contribution in [2.24, 2.45) is 0 Å². The minimum absolute atomic E-state index is 0.190. The molecule has 140 valence electrons. The minimum atomic E-state index is -0.490. The van der Waals surface area contributed by atoms with Gasteiger partial charge in [-0.1, -0.05) is 24.3 Å². The Morgan fingerprint density at radius 3 is 2.59 bits per heavy atom. The molecule has 0 saturated heterocycles. The lowest BCUT2D eigenvalue weighted by molar-refractivity contribution is 0.143. The van der Waals surface area contributed by atoms with E-state index >= 15 is 0 Å². The van der Waals surface area contributed by atoms with Crippen molar-refractivity contribution in [2.45, 2.75) is 6.92 Å². The van der Waals surface area contributed by atoms with E-state index in [0.717, 1.165) is 5.69 Å². The summed E-state index contributed by atoms with van der Waals surface area (Å²) in [5.41, 5.74) is 1.84. The van der Waals surface area contributed by atoms with Crippen molar-refractivity contribution in [3.05, 3.63) is 66.1 Å². The third-order valence-electron chi connectivity index (χ3n) is 3.78. The van der Waals surface area contributed by atoms with Crippen molar-refractivity contribution in [1.29, 1.82) is 0 Å². The molecule has 2 aromatic carbocycles. The summed E-state index contributed by atoms with van der Waals surface area (Å²) in [6.07, 6.45) is 1.60. The molecule has 0 spiro atoms. The Hall–Kier alpha value is -3.19. The molecule has 2 N–H and O–H groups in total. The second-order valence-electron chi connectivity index (χ2n) is 5.80. The van der Waals surface area contributed by atoms with Crippen LogP contribution in [0.2, 0.25) is 0 Å². The minimum Gasteiger partial charge on any atom is -0.488 e. The highest BCUT2D eigenvalue weighted by Gasteiger charge is 2.14. The predicted molar refractivity (Wildman–Crippen MR) is 104 cm³/mol. The summed E-state index contributed by atoms with van der Waals surface area (Å²) >= 11 is 0. The number of para-hydroxylation sites is 1. The Kier molecular flexibility index (Phi) is 6.17. The standard InChI is InChI=1S/C20H21FN4O2/c1-14-8-9-16(18(21)19(14)27-13-12-26-2)24-20-22-11-10-17(25-20)23-15-6-4-3-5-7-15/h3-11H,12-13H2,1-2H3,(H2,22,23,24,25). The van der Waals surface area contributed by atoms with E-state index < -0.39 is 5.82 Å². The zero-order valence-corrected chi connectivity index (χ0v) is 15.2. The van der Waals surface area contributed by atoms with Crippen LogP contribution in [0.5, 0.6) is 5.75 Å². The van der Waals surface area contributed by atoms with Crippen LogP contribution in [0.1, 0.15) is 5.56 Å². The van der Waals surface area contributed by atoms with Gasteiger partial charge in [0.05, 0.1) is 12.3 Å². The first-order valence-corrected chi connectivity index (χ1v) is 8.50.